The third-order valence-electron chi connectivity index (χ3n) is 6.25. The van der Waals surface area contributed by atoms with E-state index in [0.717, 1.165) is 56.7 Å². The molecule has 1 heterocycles. The minimum atomic E-state index is -0.172. The third kappa shape index (κ3) is 2.36. The Morgan fingerprint density at radius 1 is 1.09 bits per heavy atom. The molecule has 0 aromatic heterocycles. The first-order chi connectivity index (χ1) is 10.5. The Labute approximate surface area is 136 Å². The molecule has 4 nitrogen and oxygen atoms in total. The molecular weight excluding hydrogens is 296 g/mol. The Balaban J connectivity index is 1.61. The Morgan fingerprint density at radius 3 is 2.32 bits per heavy atom. The van der Waals surface area contributed by atoms with E-state index in [2.05, 4.69) is 10.2 Å². The van der Waals surface area contributed by atoms with Gasteiger partial charge >= 0.3 is 0 Å². The van der Waals surface area contributed by atoms with Crippen LogP contribution in [0.1, 0.15) is 45.4 Å². The molecule has 1 N–H and O–H groups in total. The van der Waals surface area contributed by atoms with Crippen molar-refractivity contribution in [3.05, 3.63) is 0 Å². The van der Waals surface area contributed by atoms with Gasteiger partial charge in [-0.3, -0.25) is 9.59 Å². The van der Waals surface area contributed by atoms with Gasteiger partial charge in [-0.1, -0.05) is 0 Å². The lowest BCUT2D eigenvalue weighted by molar-refractivity contribution is -0.162. The van der Waals surface area contributed by atoms with E-state index in [-0.39, 0.29) is 16.9 Å². The molecule has 1 saturated heterocycles. The van der Waals surface area contributed by atoms with Gasteiger partial charge in [-0.15, -0.1) is 0 Å². The van der Waals surface area contributed by atoms with Gasteiger partial charge in [0, 0.05) is 37.1 Å². The summed E-state index contributed by atoms with van der Waals surface area (Å²) < 4.78 is 0. The Morgan fingerprint density at radius 2 is 1.73 bits per heavy atom. The van der Waals surface area contributed by atoms with Crippen LogP contribution in [0.25, 0.3) is 0 Å². The number of hydrogen-bond acceptors (Lipinski definition) is 3. The topological polar surface area (TPSA) is 49.4 Å². The maximum Gasteiger partial charge on any atom is 0.228 e. The first-order valence-corrected chi connectivity index (χ1v) is 9.82. The Bertz CT molecular complexity index is 487. The molecule has 0 aromatic rings. The fourth-order valence-electron chi connectivity index (χ4n) is 6.13. The van der Waals surface area contributed by atoms with E-state index in [1.807, 2.05) is 11.8 Å². The van der Waals surface area contributed by atoms with Gasteiger partial charge in [0.1, 0.15) is 0 Å². The highest BCUT2D eigenvalue weighted by molar-refractivity contribution is 7.99. The molecule has 1 aliphatic heterocycles. The number of nitrogens with one attached hydrogen (secondary N) is 1. The van der Waals surface area contributed by atoms with Crippen LogP contribution in [0.5, 0.6) is 0 Å². The molecule has 22 heavy (non-hydrogen) atoms. The van der Waals surface area contributed by atoms with Crippen LogP contribution in [0.3, 0.4) is 0 Å². The molecule has 4 saturated carbocycles. The van der Waals surface area contributed by atoms with Crippen LogP contribution in [0.2, 0.25) is 0 Å². The first-order valence-electron chi connectivity index (χ1n) is 8.66. The van der Waals surface area contributed by atoms with E-state index >= 15 is 0 Å². The van der Waals surface area contributed by atoms with Crippen molar-refractivity contribution < 1.29 is 9.59 Å². The first kappa shape index (κ1) is 14.9. The van der Waals surface area contributed by atoms with E-state index in [0.29, 0.717) is 17.7 Å². The Kier molecular flexibility index (Phi) is 3.48. The number of hydrogen-bond donors (Lipinski definition) is 1. The number of carbonyl (C=O) groups excluding carboxylic acids is 2. The van der Waals surface area contributed by atoms with Crippen molar-refractivity contribution in [1.82, 2.24) is 10.2 Å². The molecule has 0 spiro atoms. The lowest BCUT2D eigenvalue weighted by atomic mass is 9.46. The summed E-state index contributed by atoms with van der Waals surface area (Å²) >= 11 is 1.95. The summed E-state index contributed by atoms with van der Waals surface area (Å²) in [7, 11) is 0. The highest BCUT2D eigenvalue weighted by Crippen LogP contribution is 2.62. The lowest BCUT2D eigenvalue weighted by Gasteiger charge is -2.62. The van der Waals surface area contributed by atoms with Gasteiger partial charge in [0.05, 0.1) is 5.41 Å². The van der Waals surface area contributed by atoms with Crippen molar-refractivity contribution in [3.63, 3.8) is 0 Å². The van der Waals surface area contributed by atoms with Gasteiger partial charge in [-0.05, 0) is 50.4 Å². The van der Waals surface area contributed by atoms with Crippen molar-refractivity contribution in [1.29, 1.82) is 0 Å². The zero-order chi connectivity index (χ0) is 15.4. The third-order valence-corrected chi connectivity index (χ3v) is 7.20. The molecule has 5 aliphatic rings. The van der Waals surface area contributed by atoms with E-state index in [9.17, 15) is 9.59 Å². The van der Waals surface area contributed by atoms with E-state index in [1.54, 1.807) is 6.92 Å². The number of carbonyl (C=O) groups is 2. The van der Waals surface area contributed by atoms with Crippen LogP contribution in [-0.2, 0) is 9.59 Å². The van der Waals surface area contributed by atoms with Crippen molar-refractivity contribution in [2.75, 3.05) is 24.6 Å². The van der Waals surface area contributed by atoms with Crippen LogP contribution < -0.4 is 5.32 Å². The molecule has 5 rings (SSSR count). The van der Waals surface area contributed by atoms with Gasteiger partial charge < -0.3 is 10.2 Å². The van der Waals surface area contributed by atoms with Crippen LogP contribution in [0, 0.1) is 17.3 Å². The monoisotopic (exact) mass is 322 g/mol. The second-order valence-electron chi connectivity index (χ2n) is 8.11. The minimum absolute atomic E-state index is 0.0684. The molecule has 2 unspecified atom stereocenters. The summed E-state index contributed by atoms with van der Waals surface area (Å²) in [6.45, 7) is 3.44. The van der Waals surface area contributed by atoms with Gasteiger partial charge in [0.15, 0.2) is 0 Å². The quantitative estimate of drug-likeness (QED) is 0.846. The summed E-state index contributed by atoms with van der Waals surface area (Å²) in [5, 5.41) is 3.26. The minimum Gasteiger partial charge on any atom is -0.351 e. The molecule has 2 amide bonds. The summed E-state index contributed by atoms with van der Waals surface area (Å²) in [5.41, 5.74) is -0.259. The molecule has 4 bridgehead atoms. The van der Waals surface area contributed by atoms with Crippen molar-refractivity contribution in [2.24, 2.45) is 17.3 Å². The smallest absolute Gasteiger partial charge is 0.228 e. The van der Waals surface area contributed by atoms with E-state index in [4.69, 9.17) is 0 Å². The zero-order valence-corrected chi connectivity index (χ0v) is 14.2. The molecule has 5 fully saturated rings. The maximum absolute atomic E-state index is 13.3. The van der Waals surface area contributed by atoms with Crippen molar-refractivity contribution in [2.45, 2.75) is 51.0 Å². The van der Waals surface area contributed by atoms with Crippen LogP contribution in [0.15, 0.2) is 0 Å². The number of nitrogens with zero attached hydrogens (tertiary/aromatic N) is 1. The standard InChI is InChI=1S/C17H26N2O2S/c1-12(20)18-17-9-13-6-14(10-17)8-16(7-13,11-17)15(21)19-2-4-22-5-3-19/h13-14H,2-11H2,1H3,(H,18,20). The molecule has 122 valence electrons. The summed E-state index contributed by atoms with van der Waals surface area (Å²) in [4.78, 5) is 27.1. The van der Waals surface area contributed by atoms with Gasteiger partial charge in [-0.25, -0.2) is 0 Å². The SMILES string of the molecule is CC(=O)NC12CC3CC(C1)CC(C(=O)N1CCSCC1)(C3)C2. The molecule has 4 aliphatic carbocycles. The number of thioether (sulfide) groups is 1. The zero-order valence-electron chi connectivity index (χ0n) is 13.4. The normalized spacial score (nSPS) is 43.2. The van der Waals surface area contributed by atoms with E-state index < -0.39 is 0 Å². The average molecular weight is 322 g/mol. The van der Waals surface area contributed by atoms with Crippen LogP contribution in [-0.4, -0.2) is 46.8 Å². The molecule has 0 aromatic carbocycles. The number of amides is 2. The fourth-order valence-corrected chi connectivity index (χ4v) is 7.04. The summed E-state index contributed by atoms with van der Waals surface area (Å²) in [5.74, 6) is 3.89. The van der Waals surface area contributed by atoms with Crippen molar-refractivity contribution >= 4 is 23.6 Å². The van der Waals surface area contributed by atoms with Gasteiger partial charge in [-0.2, -0.15) is 11.8 Å². The summed E-state index contributed by atoms with van der Waals surface area (Å²) in [6, 6.07) is 0. The largest absolute Gasteiger partial charge is 0.351 e. The lowest BCUT2D eigenvalue weighted by Crippen LogP contribution is -2.66. The van der Waals surface area contributed by atoms with Gasteiger partial charge in [0.25, 0.3) is 0 Å². The highest BCUT2D eigenvalue weighted by atomic mass is 32.2. The Hall–Kier alpha value is -0.710. The predicted molar refractivity (Wildman–Crippen MR) is 87.6 cm³/mol. The second-order valence-corrected chi connectivity index (χ2v) is 9.33. The molecule has 0 radical (unpaired) electrons. The highest BCUT2D eigenvalue weighted by Gasteiger charge is 2.61. The molecule has 5 heteroatoms. The fraction of sp³-hybridized carbons (Fsp3) is 0.882. The van der Waals surface area contributed by atoms with Crippen LogP contribution in [0.4, 0.5) is 0 Å². The molecular formula is C17H26N2O2S. The second kappa shape index (κ2) is 5.15. The predicted octanol–water partition coefficient (Wildman–Crippen LogP) is 2.04. The van der Waals surface area contributed by atoms with Gasteiger partial charge in [0.2, 0.25) is 11.8 Å². The molecule has 2 atom stereocenters. The average Bonchev–Trinajstić information content (AvgIpc) is 2.44. The maximum atomic E-state index is 13.3. The number of rotatable bonds is 2. The van der Waals surface area contributed by atoms with Crippen molar-refractivity contribution in [3.8, 4) is 0 Å². The van der Waals surface area contributed by atoms with Crippen LogP contribution >= 0.6 is 11.8 Å². The summed E-state index contributed by atoms with van der Waals surface area (Å²) in [6.07, 6.45) is 6.46. The van der Waals surface area contributed by atoms with E-state index in [1.165, 1.54) is 6.42 Å².